The Balaban J connectivity index is 3.19. The Bertz CT molecular complexity index is 170. The van der Waals surface area contributed by atoms with E-state index in [0.717, 1.165) is 32.1 Å². The van der Waals surface area contributed by atoms with Crippen molar-refractivity contribution in [2.75, 3.05) is 0 Å². The summed E-state index contributed by atoms with van der Waals surface area (Å²) >= 11 is 0. The third kappa shape index (κ3) is 11.3. The van der Waals surface area contributed by atoms with Crippen LogP contribution in [0.5, 0.6) is 0 Å². The highest BCUT2D eigenvalue weighted by Crippen LogP contribution is 2.04. The zero-order valence-electron chi connectivity index (χ0n) is 10.4. The van der Waals surface area contributed by atoms with Crippen molar-refractivity contribution >= 4 is 5.78 Å². The van der Waals surface area contributed by atoms with Gasteiger partial charge in [-0.3, -0.25) is 4.79 Å². The lowest BCUT2D eigenvalue weighted by Crippen LogP contribution is -1.95. The molecule has 0 bridgehead atoms. The molecule has 0 amide bonds. The standard InChI is InChI=1S/C14H26O/c1-3-5-6-7-8-9-10-11-13-14(15)12-4-2/h8-9H,3-7,10-13H2,1-2H3/b9-8-. The summed E-state index contributed by atoms with van der Waals surface area (Å²) in [6, 6.07) is 0. The zero-order valence-corrected chi connectivity index (χ0v) is 10.4. The van der Waals surface area contributed by atoms with E-state index in [4.69, 9.17) is 0 Å². The van der Waals surface area contributed by atoms with Crippen LogP contribution in [0.1, 0.15) is 71.6 Å². The minimum atomic E-state index is 0.428. The summed E-state index contributed by atoms with van der Waals surface area (Å²) < 4.78 is 0. The molecule has 0 aromatic heterocycles. The summed E-state index contributed by atoms with van der Waals surface area (Å²) in [4.78, 5) is 11.2. The van der Waals surface area contributed by atoms with Crippen LogP contribution in [0.25, 0.3) is 0 Å². The Morgan fingerprint density at radius 1 is 0.867 bits per heavy atom. The molecule has 0 saturated heterocycles. The zero-order chi connectivity index (χ0) is 11.4. The number of ketones is 1. The van der Waals surface area contributed by atoms with Crippen LogP contribution in [0.15, 0.2) is 12.2 Å². The molecule has 0 aliphatic heterocycles. The van der Waals surface area contributed by atoms with Crippen LogP contribution in [-0.4, -0.2) is 5.78 Å². The monoisotopic (exact) mass is 210 g/mol. The third-order valence-corrected chi connectivity index (χ3v) is 2.50. The highest BCUT2D eigenvalue weighted by Gasteiger charge is 1.97. The van der Waals surface area contributed by atoms with Crippen LogP contribution < -0.4 is 0 Å². The molecule has 0 radical (unpaired) electrons. The number of Topliss-reactive ketones (excluding diaryl/α,β-unsaturated/α-hetero) is 1. The van der Waals surface area contributed by atoms with Crippen molar-refractivity contribution in [1.29, 1.82) is 0 Å². The maximum atomic E-state index is 11.2. The van der Waals surface area contributed by atoms with Gasteiger partial charge in [0.05, 0.1) is 0 Å². The van der Waals surface area contributed by atoms with Gasteiger partial charge in [0.15, 0.2) is 0 Å². The summed E-state index contributed by atoms with van der Waals surface area (Å²) in [5.74, 6) is 0.428. The first-order valence-corrected chi connectivity index (χ1v) is 6.48. The molecule has 0 aliphatic carbocycles. The van der Waals surface area contributed by atoms with Gasteiger partial charge in [0.1, 0.15) is 5.78 Å². The van der Waals surface area contributed by atoms with Crippen molar-refractivity contribution in [1.82, 2.24) is 0 Å². The molecular weight excluding hydrogens is 184 g/mol. The van der Waals surface area contributed by atoms with Gasteiger partial charge >= 0.3 is 0 Å². The van der Waals surface area contributed by atoms with Gasteiger partial charge in [-0.2, -0.15) is 0 Å². The second kappa shape index (κ2) is 11.5. The third-order valence-electron chi connectivity index (χ3n) is 2.50. The summed E-state index contributed by atoms with van der Waals surface area (Å²) in [5.41, 5.74) is 0. The lowest BCUT2D eigenvalue weighted by molar-refractivity contribution is -0.119. The smallest absolute Gasteiger partial charge is 0.132 e. The summed E-state index contributed by atoms with van der Waals surface area (Å²) in [5, 5.41) is 0. The average Bonchev–Trinajstić information content (AvgIpc) is 2.22. The van der Waals surface area contributed by atoms with E-state index in [9.17, 15) is 4.79 Å². The van der Waals surface area contributed by atoms with Crippen LogP contribution in [0, 0.1) is 0 Å². The lowest BCUT2D eigenvalue weighted by atomic mass is 10.1. The number of hydrogen-bond acceptors (Lipinski definition) is 1. The fourth-order valence-electron chi connectivity index (χ4n) is 1.57. The van der Waals surface area contributed by atoms with Crippen molar-refractivity contribution in [2.45, 2.75) is 71.6 Å². The van der Waals surface area contributed by atoms with E-state index < -0.39 is 0 Å². The van der Waals surface area contributed by atoms with Crippen LogP contribution in [0.2, 0.25) is 0 Å². The predicted octanol–water partition coefficient (Wildman–Crippen LogP) is 4.66. The Kier molecular flexibility index (Phi) is 11.0. The highest BCUT2D eigenvalue weighted by molar-refractivity contribution is 5.78. The Morgan fingerprint density at radius 2 is 1.53 bits per heavy atom. The highest BCUT2D eigenvalue weighted by atomic mass is 16.1. The van der Waals surface area contributed by atoms with Crippen LogP contribution in [0.4, 0.5) is 0 Å². The number of carbonyl (C=O) groups excluding carboxylic acids is 1. The van der Waals surface area contributed by atoms with E-state index in [1.165, 1.54) is 25.7 Å². The van der Waals surface area contributed by atoms with Gasteiger partial charge in [-0.05, 0) is 32.1 Å². The van der Waals surface area contributed by atoms with Crippen molar-refractivity contribution in [3.8, 4) is 0 Å². The van der Waals surface area contributed by atoms with E-state index in [0.29, 0.717) is 5.78 Å². The minimum absolute atomic E-state index is 0.428. The van der Waals surface area contributed by atoms with E-state index >= 15 is 0 Å². The van der Waals surface area contributed by atoms with Crippen LogP contribution in [-0.2, 0) is 4.79 Å². The summed E-state index contributed by atoms with van der Waals surface area (Å²) in [7, 11) is 0. The van der Waals surface area contributed by atoms with Gasteiger partial charge in [-0.1, -0.05) is 38.8 Å². The molecule has 0 aliphatic rings. The first-order valence-electron chi connectivity index (χ1n) is 6.48. The normalized spacial score (nSPS) is 11.1. The van der Waals surface area contributed by atoms with Crippen molar-refractivity contribution in [3.05, 3.63) is 12.2 Å². The topological polar surface area (TPSA) is 17.1 Å². The first kappa shape index (κ1) is 14.4. The fraction of sp³-hybridized carbons (Fsp3) is 0.786. The van der Waals surface area contributed by atoms with Crippen molar-refractivity contribution < 1.29 is 4.79 Å². The number of rotatable bonds is 10. The molecular formula is C14H26O. The second-order valence-corrected chi connectivity index (χ2v) is 4.15. The predicted molar refractivity (Wildman–Crippen MR) is 67.0 cm³/mol. The molecule has 88 valence electrons. The Hall–Kier alpha value is -0.590. The largest absolute Gasteiger partial charge is 0.300 e. The molecule has 0 aromatic rings. The molecule has 0 N–H and O–H groups in total. The number of carbonyl (C=O) groups is 1. The molecule has 0 saturated carbocycles. The van der Waals surface area contributed by atoms with E-state index in [1.54, 1.807) is 0 Å². The average molecular weight is 210 g/mol. The van der Waals surface area contributed by atoms with Crippen LogP contribution >= 0.6 is 0 Å². The van der Waals surface area contributed by atoms with Gasteiger partial charge < -0.3 is 0 Å². The first-order chi connectivity index (χ1) is 7.31. The Labute approximate surface area is 95.0 Å². The van der Waals surface area contributed by atoms with Gasteiger partial charge in [0.2, 0.25) is 0 Å². The van der Waals surface area contributed by atoms with E-state index in [1.807, 2.05) is 0 Å². The number of unbranched alkanes of at least 4 members (excludes halogenated alkanes) is 4. The minimum Gasteiger partial charge on any atom is -0.300 e. The SMILES string of the molecule is CCCCC/C=C\CCCC(=O)CCC. The van der Waals surface area contributed by atoms with Gasteiger partial charge in [0, 0.05) is 12.8 Å². The molecule has 0 fully saturated rings. The van der Waals surface area contributed by atoms with Gasteiger partial charge in [-0.25, -0.2) is 0 Å². The molecule has 0 atom stereocenters. The number of allylic oxidation sites excluding steroid dienone is 2. The maximum Gasteiger partial charge on any atom is 0.132 e. The molecule has 0 unspecified atom stereocenters. The fourth-order valence-corrected chi connectivity index (χ4v) is 1.57. The molecule has 1 nitrogen and oxygen atoms in total. The number of hydrogen-bond donors (Lipinski definition) is 0. The molecule has 0 spiro atoms. The molecule has 0 rings (SSSR count). The van der Waals surface area contributed by atoms with Gasteiger partial charge in [0.25, 0.3) is 0 Å². The second-order valence-electron chi connectivity index (χ2n) is 4.15. The van der Waals surface area contributed by atoms with Gasteiger partial charge in [-0.15, -0.1) is 0 Å². The molecule has 15 heavy (non-hydrogen) atoms. The molecule has 0 aromatic carbocycles. The summed E-state index contributed by atoms with van der Waals surface area (Å²) in [6.07, 6.45) is 14.3. The van der Waals surface area contributed by atoms with E-state index in [2.05, 4.69) is 26.0 Å². The van der Waals surface area contributed by atoms with Crippen molar-refractivity contribution in [2.24, 2.45) is 0 Å². The van der Waals surface area contributed by atoms with Crippen LogP contribution in [0.3, 0.4) is 0 Å². The quantitative estimate of drug-likeness (QED) is 0.378. The lowest BCUT2D eigenvalue weighted by Gasteiger charge is -1.96. The van der Waals surface area contributed by atoms with Crippen molar-refractivity contribution in [3.63, 3.8) is 0 Å². The maximum absolute atomic E-state index is 11.2. The van der Waals surface area contributed by atoms with E-state index in [-0.39, 0.29) is 0 Å². The molecule has 0 heterocycles. The molecule has 1 heteroatoms. The Morgan fingerprint density at radius 3 is 2.13 bits per heavy atom. The summed E-state index contributed by atoms with van der Waals surface area (Å²) in [6.45, 7) is 4.29.